The Hall–Kier alpha value is -2.31. The number of carbonyl (C=O) groups excluding carboxylic acids is 1. The molecule has 4 rings (SSSR count). The van der Waals surface area contributed by atoms with E-state index in [-0.39, 0.29) is 5.91 Å². The van der Waals surface area contributed by atoms with Crippen LogP contribution in [0, 0.1) is 6.92 Å². The Balaban J connectivity index is 1.61. The van der Waals surface area contributed by atoms with Crippen molar-refractivity contribution in [2.45, 2.75) is 13.5 Å². The Morgan fingerprint density at radius 2 is 1.81 bits per heavy atom. The molecule has 0 unspecified atom stereocenters. The summed E-state index contributed by atoms with van der Waals surface area (Å²) >= 11 is 19.0. The number of nitrogens with zero attached hydrogens (tertiary/aromatic N) is 1. The molecule has 1 amide bonds. The van der Waals surface area contributed by atoms with Gasteiger partial charge in [-0.2, -0.15) is 0 Å². The number of carbonyl (C=O) groups is 1. The van der Waals surface area contributed by atoms with Crippen molar-refractivity contribution in [3.63, 3.8) is 0 Å². The first-order valence-corrected chi connectivity index (χ1v) is 11.4. The van der Waals surface area contributed by atoms with E-state index in [1.54, 1.807) is 29.2 Å². The minimum Gasteiger partial charge on any atom is -0.488 e. The Bertz CT molecular complexity index is 1210. The van der Waals surface area contributed by atoms with Crippen LogP contribution < -0.4 is 9.64 Å². The number of halogens is 2. The molecule has 1 aliphatic heterocycles. The Morgan fingerprint density at radius 1 is 1.03 bits per heavy atom. The molecule has 1 saturated heterocycles. The second kappa shape index (κ2) is 9.45. The van der Waals surface area contributed by atoms with Crippen LogP contribution in [0.15, 0.2) is 71.6 Å². The normalized spacial score (nSPS) is 15.1. The van der Waals surface area contributed by atoms with E-state index in [1.807, 2.05) is 55.5 Å². The van der Waals surface area contributed by atoms with E-state index in [0.717, 1.165) is 16.8 Å². The predicted octanol–water partition coefficient (Wildman–Crippen LogP) is 7.29. The van der Waals surface area contributed by atoms with Crippen LogP contribution in [0.3, 0.4) is 0 Å². The second-order valence-corrected chi connectivity index (χ2v) is 9.51. The zero-order chi connectivity index (χ0) is 22.0. The molecule has 156 valence electrons. The van der Waals surface area contributed by atoms with Crippen LogP contribution in [0.4, 0.5) is 5.69 Å². The van der Waals surface area contributed by atoms with Crippen LogP contribution in [0.5, 0.6) is 5.75 Å². The lowest BCUT2D eigenvalue weighted by Gasteiger charge is -2.15. The van der Waals surface area contributed by atoms with Gasteiger partial charge in [0.25, 0.3) is 5.91 Å². The zero-order valence-corrected chi connectivity index (χ0v) is 19.6. The number of amides is 1. The summed E-state index contributed by atoms with van der Waals surface area (Å²) in [6, 6.07) is 20.5. The molecule has 0 atom stereocenters. The Labute approximate surface area is 200 Å². The fourth-order valence-corrected chi connectivity index (χ4v) is 4.83. The van der Waals surface area contributed by atoms with Gasteiger partial charge in [-0.05, 0) is 66.6 Å². The summed E-state index contributed by atoms with van der Waals surface area (Å²) in [5, 5.41) is 1.20. The van der Waals surface area contributed by atoms with Crippen molar-refractivity contribution in [2.75, 3.05) is 4.90 Å². The summed E-state index contributed by atoms with van der Waals surface area (Å²) in [5.74, 6) is 0.451. The monoisotopic (exact) mass is 485 g/mol. The molecule has 3 aromatic rings. The Kier molecular flexibility index (Phi) is 6.68. The molecule has 0 N–H and O–H groups in total. The summed E-state index contributed by atoms with van der Waals surface area (Å²) in [6.07, 6.45) is 1.77. The van der Waals surface area contributed by atoms with Gasteiger partial charge in [-0.15, -0.1) is 0 Å². The number of ether oxygens (including phenoxy) is 1. The molecule has 0 spiro atoms. The largest absolute Gasteiger partial charge is 0.488 e. The van der Waals surface area contributed by atoms with E-state index in [1.165, 1.54) is 11.8 Å². The third kappa shape index (κ3) is 5.13. The first-order valence-electron chi connectivity index (χ1n) is 9.42. The minimum absolute atomic E-state index is 0.165. The number of thioether (sulfide) groups is 1. The van der Waals surface area contributed by atoms with Crippen molar-refractivity contribution >= 4 is 69.2 Å². The van der Waals surface area contributed by atoms with Crippen LogP contribution in [-0.2, 0) is 11.4 Å². The fourth-order valence-electron chi connectivity index (χ4n) is 3.15. The second-order valence-electron chi connectivity index (χ2n) is 6.96. The van der Waals surface area contributed by atoms with Crippen LogP contribution in [0.25, 0.3) is 6.08 Å². The number of rotatable bonds is 5. The van der Waals surface area contributed by atoms with Gasteiger partial charge in [0.15, 0.2) is 4.32 Å². The number of aryl methyl sites for hydroxylation is 1. The highest BCUT2D eigenvalue weighted by Crippen LogP contribution is 2.38. The van der Waals surface area contributed by atoms with E-state index in [2.05, 4.69) is 0 Å². The summed E-state index contributed by atoms with van der Waals surface area (Å²) in [6.45, 7) is 2.32. The van der Waals surface area contributed by atoms with Gasteiger partial charge in [-0.3, -0.25) is 9.69 Å². The van der Waals surface area contributed by atoms with Gasteiger partial charge in [0.2, 0.25) is 0 Å². The highest BCUT2D eigenvalue weighted by Gasteiger charge is 2.33. The van der Waals surface area contributed by atoms with Gasteiger partial charge >= 0.3 is 0 Å². The van der Waals surface area contributed by atoms with E-state index in [0.29, 0.717) is 37.2 Å². The van der Waals surface area contributed by atoms with Crippen molar-refractivity contribution in [1.29, 1.82) is 0 Å². The first-order chi connectivity index (χ1) is 14.9. The van der Waals surface area contributed by atoms with Crippen molar-refractivity contribution in [2.24, 2.45) is 0 Å². The van der Waals surface area contributed by atoms with Crippen molar-refractivity contribution < 1.29 is 9.53 Å². The number of anilines is 1. The molecule has 31 heavy (non-hydrogen) atoms. The number of hydrogen-bond donors (Lipinski definition) is 0. The maximum Gasteiger partial charge on any atom is 0.270 e. The van der Waals surface area contributed by atoms with Crippen LogP contribution in [-0.4, -0.2) is 10.2 Å². The van der Waals surface area contributed by atoms with E-state index >= 15 is 0 Å². The topological polar surface area (TPSA) is 29.5 Å². The van der Waals surface area contributed by atoms with E-state index in [4.69, 9.17) is 40.2 Å². The molecule has 0 radical (unpaired) electrons. The number of thiocarbonyl (C=S) groups is 1. The maximum absolute atomic E-state index is 13.1. The third-order valence-electron chi connectivity index (χ3n) is 4.60. The third-order valence-corrected chi connectivity index (χ3v) is 6.37. The molecule has 0 aliphatic carbocycles. The highest BCUT2D eigenvalue weighted by atomic mass is 35.5. The molecule has 3 nitrogen and oxygen atoms in total. The summed E-state index contributed by atoms with van der Waals surface area (Å²) in [4.78, 5) is 15.2. The average molecular weight is 486 g/mol. The molecule has 0 bridgehead atoms. The molecule has 3 aromatic carbocycles. The van der Waals surface area contributed by atoms with E-state index < -0.39 is 0 Å². The SMILES string of the molecule is Cc1cccc(N2C(=O)/C(=C/c3cc(Cl)ccc3OCc3cccc(Cl)c3)SC2=S)c1. The summed E-state index contributed by atoms with van der Waals surface area (Å²) < 4.78 is 6.49. The van der Waals surface area contributed by atoms with Gasteiger partial charge in [0, 0.05) is 15.6 Å². The molecule has 0 aromatic heterocycles. The van der Waals surface area contributed by atoms with Gasteiger partial charge in [-0.1, -0.05) is 71.4 Å². The van der Waals surface area contributed by atoms with Crippen molar-refractivity contribution in [3.8, 4) is 5.75 Å². The van der Waals surface area contributed by atoms with Crippen LogP contribution >= 0.6 is 47.2 Å². The smallest absolute Gasteiger partial charge is 0.270 e. The highest BCUT2D eigenvalue weighted by molar-refractivity contribution is 8.27. The first kappa shape index (κ1) is 21.9. The molecular weight excluding hydrogens is 469 g/mol. The number of hydrogen-bond acceptors (Lipinski definition) is 4. The lowest BCUT2D eigenvalue weighted by Crippen LogP contribution is -2.27. The van der Waals surface area contributed by atoms with Gasteiger partial charge < -0.3 is 4.74 Å². The molecule has 1 heterocycles. The lowest BCUT2D eigenvalue weighted by atomic mass is 10.1. The predicted molar refractivity (Wildman–Crippen MR) is 134 cm³/mol. The van der Waals surface area contributed by atoms with Gasteiger partial charge in [0.1, 0.15) is 12.4 Å². The number of benzene rings is 3. The van der Waals surface area contributed by atoms with Gasteiger partial charge in [0.05, 0.1) is 10.6 Å². The maximum atomic E-state index is 13.1. The minimum atomic E-state index is -0.165. The summed E-state index contributed by atoms with van der Waals surface area (Å²) in [5.41, 5.74) is 3.47. The molecule has 1 fully saturated rings. The van der Waals surface area contributed by atoms with Crippen molar-refractivity contribution in [3.05, 3.63) is 98.4 Å². The molecule has 1 aliphatic rings. The average Bonchev–Trinajstić information content (AvgIpc) is 3.00. The molecule has 7 heteroatoms. The van der Waals surface area contributed by atoms with Crippen LogP contribution in [0.1, 0.15) is 16.7 Å². The van der Waals surface area contributed by atoms with E-state index in [9.17, 15) is 4.79 Å². The van der Waals surface area contributed by atoms with Crippen molar-refractivity contribution in [1.82, 2.24) is 0 Å². The quantitative estimate of drug-likeness (QED) is 0.280. The molecule has 0 saturated carbocycles. The van der Waals surface area contributed by atoms with Gasteiger partial charge in [-0.25, -0.2) is 0 Å². The zero-order valence-electron chi connectivity index (χ0n) is 16.5. The standard InChI is InChI=1S/C24H17Cl2NO2S2/c1-15-4-2-7-20(10-15)27-23(28)22(31-24(27)30)13-17-12-19(26)8-9-21(17)29-14-16-5-3-6-18(25)11-16/h2-13H,14H2,1H3/b22-13-. The molecular formula is C24H17Cl2NO2S2. The summed E-state index contributed by atoms with van der Waals surface area (Å²) in [7, 11) is 0. The van der Waals surface area contributed by atoms with Crippen LogP contribution in [0.2, 0.25) is 10.0 Å². The Morgan fingerprint density at radius 3 is 2.58 bits per heavy atom. The lowest BCUT2D eigenvalue weighted by molar-refractivity contribution is -0.113. The fraction of sp³-hybridized carbons (Fsp3) is 0.0833.